The van der Waals surface area contributed by atoms with Gasteiger partial charge in [0.05, 0.1) is 6.04 Å². The molecule has 0 radical (unpaired) electrons. The Balaban J connectivity index is 1.65. The zero-order valence-corrected chi connectivity index (χ0v) is 17.1. The van der Waals surface area contributed by atoms with Gasteiger partial charge in [-0.3, -0.25) is 4.79 Å². The molecule has 3 nitrogen and oxygen atoms in total. The van der Waals surface area contributed by atoms with Crippen molar-refractivity contribution in [2.24, 2.45) is 0 Å². The highest BCUT2D eigenvalue weighted by Crippen LogP contribution is 2.42. The number of H-pyrrole nitrogens is 1. The molecule has 1 aromatic heterocycles. The molecule has 2 heterocycles. The monoisotopic (exact) mass is 456 g/mol. The van der Waals surface area contributed by atoms with Gasteiger partial charge in [0.1, 0.15) is 5.56 Å². The first-order valence-electron chi connectivity index (χ1n) is 10.4. The third-order valence-electron chi connectivity index (χ3n) is 6.07. The van der Waals surface area contributed by atoms with Gasteiger partial charge in [-0.2, -0.15) is 0 Å². The largest absolute Gasteiger partial charge is 0.356 e. The minimum atomic E-state index is -2.29. The number of benzene rings is 3. The van der Waals surface area contributed by atoms with Gasteiger partial charge >= 0.3 is 0 Å². The molecule has 0 saturated carbocycles. The average Bonchev–Trinajstić information content (AvgIpc) is 3.47. The highest BCUT2D eigenvalue weighted by atomic mass is 19.2. The molecule has 168 valence electrons. The number of nitrogens with zero attached hydrogens (tertiary/aromatic N) is 1. The quantitative estimate of drug-likeness (QED) is 0.213. The minimum absolute atomic E-state index is 0.118. The molecule has 1 fully saturated rings. The Morgan fingerprint density at radius 1 is 0.818 bits per heavy atom. The van der Waals surface area contributed by atoms with Gasteiger partial charge in [0.25, 0.3) is 5.91 Å². The SMILES string of the molecule is O=C(c1c(F)c(F)c(F)c(F)c1F)N1CCCC1c1[nH]c2ccccc2c1-c1ccccc1. The van der Waals surface area contributed by atoms with Gasteiger partial charge in [-0.25, -0.2) is 22.0 Å². The van der Waals surface area contributed by atoms with Crippen LogP contribution in [0, 0.1) is 29.1 Å². The summed E-state index contributed by atoms with van der Waals surface area (Å²) in [5.74, 6) is -12.0. The molecule has 0 bridgehead atoms. The van der Waals surface area contributed by atoms with Crippen molar-refractivity contribution in [3.05, 3.63) is 94.9 Å². The Morgan fingerprint density at radius 3 is 2.12 bits per heavy atom. The lowest BCUT2D eigenvalue weighted by Gasteiger charge is -2.26. The smallest absolute Gasteiger partial charge is 0.260 e. The van der Waals surface area contributed by atoms with Crippen molar-refractivity contribution in [3.63, 3.8) is 0 Å². The molecule has 8 heteroatoms. The number of nitrogens with one attached hydrogen (secondary N) is 1. The van der Waals surface area contributed by atoms with E-state index in [9.17, 15) is 26.7 Å². The number of likely N-dealkylation sites (tertiary alicyclic amines) is 1. The van der Waals surface area contributed by atoms with Crippen LogP contribution in [0.3, 0.4) is 0 Å². The fraction of sp³-hybridized carbons (Fsp3) is 0.160. The zero-order valence-electron chi connectivity index (χ0n) is 17.1. The fourth-order valence-electron chi connectivity index (χ4n) is 4.57. The minimum Gasteiger partial charge on any atom is -0.356 e. The van der Waals surface area contributed by atoms with E-state index in [1.54, 1.807) is 0 Å². The summed E-state index contributed by atoms with van der Waals surface area (Å²) in [6, 6.07) is 16.3. The summed E-state index contributed by atoms with van der Waals surface area (Å²) in [5, 5.41) is 0.897. The number of amides is 1. The van der Waals surface area contributed by atoms with Gasteiger partial charge in [-0.1, -0.05) is 48.5 Å². The molecular weight excluding hydrogens is 439 g/mol. The van der Waals surface area contributed by atoms with Gasteiger partial charge in [-0.15, -0.1) is 0 Å². The van der Waals surface area contributed by atoms with Crippen molar-refractivity contribution < 1.29 is 26.7 Å². The van der Waals surface area contributed by atoms with Crippen LogP contribution in [0.25, 0.3) is 22.0 Å². The van der Waals surface area contributed by atoms with Crippen LogP contribution in [-0.2, 0) is 0 Å². The first-order chi connectivity index (χ1) is 15.9. The normalized spacial score (nSPS) is 16.0. The third-order valence-corrected chi connectivity index (χ3v) is 6.07. The summed E-state index contributed by atoms with van der Waals surface area (Å²) in [4.78, 5) is 17.6. The average molecular weight is 456 g/mol. The number of aromatic nitrogens is 1. The molecule has 33 heavy (non-hydrogen) atoms. The fourth-order valence-corrected chi connectivity index (χ4v) is 4.57. The Bertz CT molecular complexity index is 1350. The van der Waals surface area contributed by atoms with Crippen molar-refractivity contribution in [1.29, 1.82) is 0 Å². The lowest BCUT2D eigenvalue weighted by atomic mass is 9.97. The molecule has 0 aliphatic carbocycles. The van der Waals surface area contributed by atoms with E-state index in [2.05, 4.69) is 4.98 Å². The van der Waals surface area contributed by atoms with Gasteiger partial charge in [-0.05, 0) is 24.5 Å². The van der Waals surface area contributed by atoms with Gasteiger partial charge in [0, 0.05) is 28.7 Å². The lowest BCUT2D eigenvalue weighted by Crippen LogP contribution is -2.33. The third kappa shape index (κ3) is 3.28. The first kappa shape index (κ1) is 21.2. The molecule has 1 amide bonds. The van der Waals surface area contributed by atoms with E-state index >= 15 is 0 Å². The second kappa shape index (κ2) is 8.03. The molecule has 1 unspecified atom stereocenters. The van der Waals surface area contributed by atoms with Crippen LogP contribution in [0.1, 0.15) is 34.9 Å². The predicted octanol–water partition coefficient (Wildman–Crippen LogP) is 6.51. The number of fused-ring (bicyclic) bond motifs is 1. The summed E-state index contributed by atoms with van der Waals surface area (Å²) in [6.07, 6.45) is 0.975. The molecule has 1 aliphatic heterocycles. The number of rotatable bonds is 3. The Hall–Kier alpha value is -3.68. The van der Waals surface area contributed by atoms with Crippen molar-refractivity contribution in [2.75, 3.05) is 6.54 Å². The molecular formula is C25H17F5N2O. The topological polar surface area (TPSA) is 36.1 Å². The van der Waals surface area contributed by atoms with Crippen LogP contribution in [0.15, 0.2) is 54.6 Å². The van der Waals surface area contributed by atoms with Crippen LogP contribution in [0.4, 0.5) is 22.0 Å². The van der Waals surface area contributed by atoms with Gasteiger partial charge in [0.15, 0.2) is 23.3 Å². The van der Waals surface area contributed by atoms with Crippen molar-refractivity contribution >= 4 is 16.8 Å². The number of carbonyl (C=O) groups excluding carboxylic acids is 1. The Labute approximate surface area is 185 Å². The van der Waals surface area contributed by atoms with Gasteiger partial charge in [0.2, 0.25) is 5.82 Å². The van der Waals surface area contributed by atoms with Crippen molar-refractivity contribution in [1.82, 2.24) is 9.88 Å². The highest BCUT2D eigenvalue weighted by Gasteiger charge is 2.38. The summed E-state index contributed by atoms with van der Waals surface area (Å²) in [6.45, 7) is 0.118. The summed E-state index contributed by atoms with van der Waals surface area (Å²) in [7, 11) is 0. The van der Waals surface area contributed by atoms with E-state index < -0.39 is 46.6 Å². The molecule has 1 saturated heterocycles. The standard InChI is InChI=1S/C25H17F5N2O/c26-19-18(20(27)22(29)23(30)21(19)28)25(33)32-12-6-11-16(32)24-17(13-7-2-1-3-8-13)14-9-4-5-10-15(14)31-24/h1-5,7-10,16,31H,6,11-12H2. The van der Waals surface area contributed by atoms with Crippen LogP contribution >= 0.6 is 0 Å². The highest BCUT2D eigenvalue weighted by molar-refractivity contribution is 5.99. The second-order valence-corrected chi connectivity index (χ2v) is 7.93. The number of halogens is 5. The van der Waals surface area contributed by atoms with E-state index in [4.69, 9.17) is 0 Å². The van der Waals surface area contributed by atoms with Crippen molar-refractivity contribution in [3.8, 4) is 11.1 Å². The Kier molecular flexibility index (Phi) is 5.15. The predicted molar refractivity (Wildman–Crippen MR) is 113 cm³/mol. The van der Waals surface area contributed by atoms with E-state index in [0.717, 1.165) is 22.0 Å². The van der Waals surface area contributed by atoms with E-state index in [0.29, 0.717) is 18.5 Å². The van der Waals surface area contributed by atoms with E-state index in [1.807, 2.05) is 54.6 Å². The Morgan fingerprint density at radius 2 is 1.42 bits per heavy atom. The molecule has 1 atom stereocenters. The van der Waals surface area contributed by atoms with Crippen LogP contribution in [0.5, 0.6) is 0 Å². The lowest BCUT2D eigenvalue weighted by molar-refractivity contribution is 0.0720. The maximum absolute atomic E-state index is 14.4. The molecule has 1 aliphatic rings. The molecule has 0 spiro atoms. The molecule has 3 aromatic carbocycles. The van der Waals surface area contributed by atoms with Gasteiger partial charge < -0.3 is 9.88 Å². The van der Waals surface area contributed by atoms with Crippen molar-refractivity contribution in [2.45, 2.75) is 18.9 Å². The summed E-state index contributed by atoms with van der Waals surface area (Å²) in [5.41, 5.74) is 1.73. The first-order valence-corrected chi connectivity index (χ1v) is 10.4. The maximum atomic E-state index is 14.4. The number of hydrogen-bond donors (Lipinski definition) is 1. The van der Waals surface area contributed by atoms with E-state index in [-0.39, 0.29) is 6.54 Å². The van der Waals surface area contributed by atoms with E-state index in [1.165, 1.54) is 4.90 Å². The molecule has 5 rings (SSSR count). The maximum Gasteiger partial charge on any atom is 0.260 e. The molecule has 1 N–H and O–H groups in total. The summed E-state index contributed by atoms with van der Waals surface area (Å²) >= 11 is 0. The number of para-hydroxylation sites is 1. The van der Waals surface area contributed by atoms with Crippen LogP contribution < -0.4 is 0 Å². The van der Waals surface area contributed by atoms with Crippen LogP contribution in [0.2, 0.25) is 0 Å². The second-order valence-electron chi connectivity index (χ2n) is 7.93. The number of hydrogen-bond acceptors (Lipinski definition) is 1. The number of carbonyl (C=O) groups is 1. The zero-order chi connectivity index (χ0) is 23.3. The molecule has 4 aromatic rings. The van der Waals surface area contributed by atoms with Crippen LogP contribution in [-0.4, -0.2) is 22.3 Å². The summed E-state index contributed by atoms with van der Waals surface area (Å²) < 4.78 is 69.7. The number of aromatic amines is 1.